The molecule has 360 valence electrons. The van der Waals surface area contributed by atoms with Crippen LogP contribution >= 0.6 is 0 Å². The predicted octanol–water partition coefficient (Wildman–Crippen LogP) is 9.01. The molecule has 0 radical (unpaired) electrons. The first kappa shape index (κ1) is 53.2. The van der Waals surface area contributed by atoms with Gasteiger partial charge < -0.3 is 30.0 Å². The van der Waals surface area contributed by atoms with Gasteiger partial charge in [-0.1, -0.05) is 36.4 Å². The number of hydrazone groups is 3. The zero-order valence-corrected chi connectivity index (χ0v) is 40.1. The Balaban J connectivity index is 0.000000225. The Labute approximate surface area is 405 Å². The van der Waals surface area contributed by atoms with Gasteiger partial charge in [-0.25, -0.2) is 16.3 Å². The van der Waals surface area contributed by atoms with Crippen molar-refractivity contribution < 1.29 is 29.7 Å². The molecule has 0 bridgehead atoms. The van der Waals surface area contributed by atoms with Crippen LogP contribution in [0.3, 0.4) is 0 Å². The van der Waals surface area contributed by atoms with Crippen LogP contribution in [0.5, 0.6) is 17.2 Å². The zero-order chi connectivity index (χ0) is 50.0. The third-order valence-electron chi connectivity index (χ3n) is 10.6. The average molecular weight is 934 g/mol. The van der Waals surface area contributed by atoms with Crippen molar-refractivity contribution in [3.05, 3.63) is 179 Å². The molecule has 6 aromatic rings. The number of hydrogen-bond donors (Lipinski definition) is 6. The summed E-state index contributed by atoms with van der Waals surface area (Å²) >= 11 is 0. The van der Waals surface area contributed by atoms with Crippen molar-refractivity contribution in [2.24, 2.45) is 15.3 Å². The highest BCUT2D eigenvalue weighted by Gasteiger charge is 2.07. The second kappa shape index (κ2) is 28.5. The van der Waals surface area contributed by atoms with Crippen LogP contribution in [-0.2, 0) is 0 Å². The molecular formula is C54H63N9O6. The van der Waals surface area contributed by atoms with Crippen LogP contribution in [0.2, 0.25) is 0 Å². The minimum atomic E-state index is -0.319. The maximum Gasteiger partial charge on any atom is 0.271 e. The first-order valence-corrected chi connectivity index (χ1v) is 22.8. The van der Waals surface area contributed by atoms with Gasteiger partial charge in [0, 0.05) is 73.0 Å². The van der Waals surface area contributed by atoms with Crippen molar-refractivity contribution in [3.63, 3.8) is 0 Å². The summed E-state index contributed by atoms with van der Waals surface area (Å²) in [6.45, 7) is 18.5. The molecule has 0 aliphatic carbocycles. The molecule has 6 aromatic carbocycles. The summed E-state index contributed by atoms with van der Waals surface area (Å²) in [5.74, 6) is -0.585. The normalized spacial score (nSPS) is 10.7. The van der Waals surface area contributed by atoms with Gasteiger partial charge in [-0.15, -0.1) is 0 Å². The van der Waals surface area contributed by atoms with Crippen LogP contribution in [0, 0.1) is 0 Å². The van der Waals surface area contributed by atoms with Gasteiger partial charge in [0.15, 0.2) is 0 Å². The lowest BCUT2D eigenvalue weighted by atomic mass is 10.2. The maximum absolute atomic E-state index is 11.9. The summed E-state index contributed by atoms with van der Waals surface area (Å²) in [6.07, 6.45) is 4.80. The molecule has 0 aliphatic heterocycles. The molecule has 0 aliphatic rings. The fraction of sp³-hybridized carbons (Fsp3) is 0.222. The molecule has 0 fully saturated rings. The van der Waals surface area contributed by atoms with Gasteiger partial charge >= 0.3 is 0 Å². The number of phenols is 3. The van der Waals surface area contributed by atoms with E-state index < -0.39 is 0 Å². The van der Waals surface area contributed by atoms with Gasteiger partial charge in [0.2, 0.25) is 0 Å². The lowest BCUT2D eigenvalue weighted by molar-refractivity contribution is 0.0947. The predicted molar refractivity (Wildman–Crippen MR) is 280 cm³/mol. The van der Waals surface area contributed by atoms with Crippen molar-refractivity contribution in [3.8, 4) is 17.2 Å². The SMILES string of the molecule is CCN(CC)c1ccc(/C=N/NC(=O)c2ccc(O)cc2)cc1.CCN(CC)c1ccc(/C=N/NC(=O)c2ccc(O)cc2)cc1.CCN(CC)c1ccc(/C=N/NC(=O)c2ccc(O)cc2)cc1. The van der Waals surface area contributed by atoms with Crippen molar-refractivity contribution >= 4 is 53.4 Å². The second-order valence-electron chi connectivity index (χ2n) is 15.0. The Morgan fingerprint density at radius 1 is 0.362 bits per heavy atom. The van der Waals surface area contributed by atoms with E-state index in [0.717, 1.165) is 56.0 Å². The van der Waals surface area contributed by atoms with Crippen LogP contribution in [0.15, 0.2) is 161 Å². The number of anilines is 3. The Kier molecular flexibility index (Phi) is 22.0. The van der Waals surface area contributed by atoms with E-state index in [1.54, 1.807) is 55.0 Å². The third-order valence-corrected chi connectivity index (χ3v) is 10.6. The molecule has 69 heavy (non-hydrogen) atoms. The molecule has 0 heterocycles. The van der Waals surface area contributed by atoms with Crippen molar-refractivity contribution in [1.29, 1.82) is 0 Å². The van der Waals surface area contributed by atoms with E-state index in [2.05, 4.69) is 87.8 Å². The fourth-order valence-electron chi connectivity index (χ4n) is 6.61. The van der Waals surface area contributed by atoms with Crippen LogP contribution in [0.4, 0.5) is 17.1 Å². The average Bonchev–Trinajstić information content (AvgIpc) is 3.37. The van der Waals surface area contributed by atoms with Gasteiger partial charge in [-0.3, -0.25) is 14.4 Å². The first-order chi connectivity index (χ1) is 33.4. The minimum Gasteiger partial charge on any atom is -0.508 e. The number of benzene rings is 6. The molecule has 0 spiro atoms. The Hall–Kier alpha value is -8.46. The largest absolute Gasteiger partial charge is 0.508 e. The van der Waals surface area contributed by atoms with Gasteiger partial charge in [0.05, 0.1) is 18.6 Å². The summed E-state index contributed by atoms with van der Waals surface area (Å²) in [6, 6.07) is 42.0. The molecule has 6 rings (SSSR count). The molecule has 0 saturated heterocycles. The topological polar surface area (TPSA) is 195 Å². The first-order valence-electron chi connectivity index (χ1n) is 22.8. The molecule has 3 amide bonds. The summed E-state index contributed by atoms with van der Waals surface area (Å²) in [4.78, 5) is 42.3. The van der Waals surface area contributed by atoms with Gasteiger partial charge in [-0.05, 0) is 167 Å². The number of carbonyl (C=O) groups excluding carboxylic acids is 3. The Morgan fingerprint density at radius 2 is 0.565 bits per heavy atom. The molecule has 6 N–H and O–H groups in total. The number of hydrogen-bond acceptors (Lipinski definition) is 12. The summed E-state index contributed by atoms with van der Waals surface area (Å²) in [7, 11) is 0. The van der Waals surface area contributed by atoms with E-state index in [9.17, 15) is 29.7 Å². The number of rotatable bonds is 18. The number of amides is 3. The van der Waals surface area contributed by atoms with Crippen LogP contribution in [0.25, 0.3) is 0 Å². The molecule has 0 saturated carbocycles. The van der Waals surface area contributed by atoms with E-state index in [1.165, 1.54) is 53.5 Å². The van der Waals surface area contributed by atoms with Crippen LogP contribution in [-0.4, -0.2) is 91.0 Å². The highest BCUT2D eigenvalue weighted by atomic mass is 16.3. The number of phenolic OH excluding ortho intramolecular Hbond substituents is 3. The fourth-order valence-corrected chi connectivity index (χ4v) is 6.61. The quantitative estimate of drug-likeness (QED) is 0.0360. The molecule has 15 nitrogen and oxygen atoms in total. The summed E-state index contributed by atoms with van der Waals surface area (Å²) in [5, 5.41) is 39.5. The molecule has 0 unspecified atom stereocenters. The van der Waals surface area contributed by atoms with E-state index in [4.69, 9.17) is 0 Å². The number of aromatic hydroxyl groups is 3. The van der Waals surface area contributed by atoms with Crippen molar-refractivity contribution in [1.82, 2.24) is 16.3 Å². The molecule has 0 aromatic heterocycles. The standard InChI is InChI=1S/3C18H21N3O2/c3*1-3-21(4-2)16-9-5-14(6-10-16)13-19-20-18(23)15-7-11-17(22)12-8-15/h3*5-13,22H,3-4H2,1-2H3,(H,20,23)/b3*19-13+. The molecular weight excluding hydrogens is 871 g/mol. The zero-order valence-electron chi connectivity index (χ0n) is 40.1. The second-order valence-corrected chi connectivity index (χ2v) is 15.0. The Bertz CT molecular complexity index is 2270. The Morgan fingerprint density at radius 3 is 0.754 bits per heavy atom. The van der Waals surface area contributed by atoms with Gasteiger partial charge in [-0.2, -0.15) is 15.3 Å². The molecule has 0 atom stereocenters. The molecule has 15 heteroatoms. The third kappa shape index (κ3) is 17.7. The van der Waals surface area contributed by atoms with E-state index in [0.29, 0.717) is 16.7 Å². The lowest BCUT2D eigenvalue weighted by Crippen LogP contribution is -2.21. The minimum absolute atomic E-state index is 0.123. The summed E-state index contributed by atoms with van der Waals surface area (Å²) in [5.41, 5.74) is 14.9. The number of carbonyl (C=O) groups is 3. The monoisotopic (exact) mass is 933 g/mol. The van der Waals surface area contributed by atoms with E-state index >= 15 is 0 Å². The van der Waals surface area contributed by atoms with Gasteiger partial charge in [0.1, 0.15) is 17.2 Å². The highest BCUT2D eigenvalue weighted by Crippen LogP contribution is 2.17. The lowest BCUT2D eigenvalue weighted by Gasteiger charge is -2.20. The maximum atomic E-state index is 11.9. The van der Waals surface area contributed by atoms with E-state index in [-0.39, 0.29) is 35.0 Å². The van der Waals surface area contributed by atoms with Crippen LogP contribution in [0.1, 0.15) is 89.3 Å². The number of nitrogens with one attached hydrogen (secondary N) is 3. The smallest absolute Gasteiger partial charge is 0.271 e. The van der Waals surface area contributed by atoms with Gasteiger partial charge in [0.25, 0.3) is 17.7 Å². The summed E-state index contributed by atoms with van der Waals surface area (Å²) < 4.78 is 0. The van der Waals surface area contributed by atoms with E-state index in [1.807, 2.05) is 72.8 Å². The van der Waals surface area contributed by atoms with Crippen molar-refractivity contribution in [2.45, 2.75) is 41.5 Å². The van der Waals surface area contributed by atoms with Crippen LogP contribution < -0.4 is 31.0 Å². The number of nitrogens with zero attached hydrogens (tertiary/aromatic N) is 6. The highest BCUT2D eigenvalue weighted by molar-refractivity contribution is 5.96. The van der Waals surface area contributed by atoms with Crippen molar-refractivity contribution in [2.75, 3.05) is 54.0 Å².